The minimum Gasteiger partial charge on any atom is -0.399 e. The van der Waals surface area contributed by atoms with Gasteiger partial charge < -0.3 is 11.1 Å². The zero-order chi connectivity index (χ0) is 15.5. The molecule has 0 aliphatic heterocycles. The van der Waals surface area contributed by atoms with Crippen LogP contribution in [0.3, 0.4) is 0 Å². The highest BCUT2D eigenvalue weighted by molar-refractivity contribution is 7.89. The SMILES string of the molecule is CNS(=O)(=O)c1ccc(NC(C)c2ccc(N)cc2)cc1. The number of nitrogen functional groups attached to an aromatic ring is 1. The summed E-state index contributed by atoms with van der Waals surface area (Å²) in [5.41, 5.74) is 8.36. The van der Waals surface area contributed by atoms with Gasteiger partial charge in [0.1, 0.15) is 0 Å². The molecule has 0 heterocycles. The lowest BCUT2D eigenvalue weighted by molar-refractivity contribution is 0.588. The Bertz CT molecular complexity index is 695. The lowest BCUT2D eigenvalue weighted by Crippen LogP contribution is -2.18. The molecule has 0 radical (unpaired) electrons. The molecule has 2 aromatic rings. The van der Waals surface area contributed by atoms with Crippen molar-refractivity contribution in [2.24, 2.45) is 0 Å². The molecule has 5 nitrogen and oxygen atoms in total. The largest absolute Gasteiger partial charge is 0.399 e. The van der Waals surface area contributed by atoms with E-state index < -0.39 is 10.0 Å². The van der Waals surface area contributed by atoms with Crippen LogP contribution in [-0.4, -0.2) is 15.5 Å². The molecular formula is C15H19N3O2S. The number of nitrogens with one attached hydrogen (secondary N) is 2. The summed E-state index contributed by atoms with van der Waals surface area (Å²) in [7, 11) is -2.00. The topological polar surface area (TPSA) is 84.2 Å². The standard InChI is InChI=1S/C15H19N3O2S/c1-11(12-3-5-13(16)6-4-12)18-14-7-9-15(10-8-14)21(19,20)17-2/h3-11,17-18H,16H2,1-2H3. The van der Waals surface area contributed by atoms with Crippen molar-refractivity contribution in [2.45, 2.75) is 17.9 Å². The quantitative estimate of drug-likeness (QED) is 0.740. The first-order valence-corrected chi connectivity index (χ1v) is 8.06. The Morgan fingerprint density at radius 1 is 1.00 bits per heavy atom. The van der Waals surface area contributed by atoms with Crippen LogP contribution in [0.15, 0.2) is 53.4 Å². The number of anilines is 2. The van der Waals surface area contributed by atoms with E-state index in [0.717, 1.165) is 16.9 Å². The highest BCUT2D eigenvalue weighted by atomic mass is 32.2. The number of rotatable bonds is 5. The van der Waals surface area contributed by atoms with E-state index in [1.54, 1.807) is 24.3 Å². The molecule has 0 aliphatic carbocycles. The number of hydrogen-bond donors (Lipinski definition) is 3. The smallest absolute Gasteiger partial charge is 0.240 e. The van der Waals surface area contributed by atoms with Crippen LogP contribution in [0.5, 0.6) is 0 Å². The third kappa shape index (κ3) is 3.74. The van der Waals surface area contributed by atoms with Crippen molar-refractivity contribution >= 4 is 21.4 Å². The van der Waals surface area contributed by atoms with Crippen molar-refractivity contribution in [2.75, 3.05) is 18.1 Å². The van der Waals surface area contributed by atoms with Gasteiger partial charge >= 0.3 is 0 Å². The van der Waals surface area contributed by atoms with Gasteiger partial charge in [-0.1, -0.05) is 12.1 Å². The number of benzene rings is 2. The van der Waals surface area contributed by atoms with Crippen molar-refractivity contribution < 1.29 is 8.42 Å². The summed E-state index contributed by atoms with van der Waals surface area (Å²) >= 11 is 0. The van der Waals surface area contributed by atoms with Crippen LogP contribution < -0.4 is 15.8 Å². The van der Waals surface area contributed by atoms with Crippen LogP contribution in [-0.2, 0) is 10.0 Å². The predicted molar refractivity (Wildman–Crippen MR) is 85.6 cm³/mol. The van der Waals surface area contributed by atoms with Crippen LogP contribution in [0, 0.1) is 0 Å². The fourth-order valence-corrected chi connectivity index (χ4v) is 2.70. The van der Waals surface area contributed by atoms with Crippen molar-refractivity contribution in [3.8, 4) is 0 Å². The summed E-state index contributed by atoms with van der Waals surface area (Å²) < 4.78 is 25.6. The first-order chi connectivity index (χ1) is 9.92. The van der Waals surface area contributed by atoms with Crippen molar-refractivity contribution in [1.82, 2.24) is 4.72 Å². The molecule has 2 aromatic carbocycles. The van der Waals surface area contributed by atoms with E-state index in [4.69, 9.17) is 5.73 Å². The maximum atomic E-state index is 11.6. The van der Waals surface area contributed by atoms with E-state index in [0.29, 0.717) is 0 Å². The van der Waals surface area contributed by atoms with Crippen molar-refractivity contribution in [1.29, 1.82) is 0 Å². The van der Waals surface area contributed by atoms with Crippen molar-refractivity contribution in [3.63, 3.8) is 0 Å². The summed E-state index contributed by atoms with van der Waals surface area (Å²) in [5, 5.41) is 3.32. The van der Waals surface area contributed by atoms with Gasteiger partial charge in [0, 0.05) is 17.4 Å². The van der Waals surface area contributed by atoms with Crippen LogP contribution in [0.1, 0.15) is 18.5 Å². The van der Waals surface area contributed by atoms with E-state index in [9.17, 15) is 8.42 Å². The maximum absolute atomic E-state index is 11.6. The highest BCUT2D eigenvalue weighted by Gasteiger charge is 2.11. The third-order valence-electron chi connectivity index (χ3n) is 3.25. The average molecular weight is 305 g/mol. The van der Waals surface area contributed by atoms with Crippen molar-refractivity contribution in [3.05, 3.63) is 54.1 Å². The second kappa shape index (κ2) is 6.15. The van der Waals surface area contributed by atoms with E-state index in [-0.39, 0.29) is 10.9 Å². The Labute approximate surface area is 125 Å². The van der Waals surface area contributed by atoms with Crippen LogP contribution in [0.2, 0.25) is 0 Å². The summed E-state index contributed by atoms with van der Waals surface area (Å²) in [5.74, 6) is 0. The fourth-order valence-electron chi connectivity index (χ4n) is 1.97. The molecule has 6 heteroatoms. The van der Waals surface area contributed by atoms with Gasteiger partial charge in [-0.25, -0.2) is 13.1 Å². The fraction of sp³-hybridized carbons (Fsp3) is 0.200. The summed E-state index contributed by atoms with van der Waals surface area (Å²) in [6.07, 6.45) is 0. The second-order valence-corrected chi connectivity index (χ2v) is 6.65. The lowest BCUT2D eigenvalue weighted by Gasteiger charge is -2.16. The Kier molecular flexibility index (Phi) is 4.50. The number of sulfonamides is 1. The molecule has 0 amide bonds. The molecule has 0 bridgehead atoms. The molecule has 1 unspecified atom stereocenters. The predicted octanol–water partition coefficient (Wildman–Crippen LogP) is 2.35. The van der Waals surface area contributed by atoms with E-state index in [1.165, 1.54) is 7.05 Å². The number of hydrogen-bond acceptors (Lipinski definition) is 4. The van der Waals surface area contributed by atoms with Gasteiger partial charge in [-0.2, -0.15) is 0 Å². The molecule has 0 aliphatic rings. The zero-order valence-corrected chi connectivity index (χ0v) is 12.8. The molecule has 0 fully saturated rings. The van der Waals surface area contributed by atoms with Crippen LogP contribution >= 0.6 is 0 Å². The van der Waals surface area contributed by atoms with Gasteiger partial charge in [0.15, 0.2) is 0 Å². The third-order valence-corrected chi connectivity index (χ3v) is 4.68. The zero-order valence-electron chi connectivity index (χ0n) is 12.0. The van der Waals surface area contributed by atoms with Crippen LogP contribution in [0.4, 0.5) is 11.4 Å². The van der Waals surface area contributed by atoms with Gasteiger partial charge in [0.2, 0.25) is 10.0 Å². The van der Waals surface area contributed by atoms with Gasteiger partial charge in [-0.05, 0) is 55.9 Å². The summed E-state index contributed by atoms with van der Waals surface area (Å²) in [6.45, 7) is 2.03. The first kappa shape index (κ1) is 15.3. The molecule has 4 N–H and O–H groups in total. The molecule has 0 saturated carbocycles. The summed E-state index contributed by atoms with van der Waals surface area (Å²) in [6, 6.07) is 14.4. The molecule has 0 saturated heterocycles. The Balaban J connectivity index is 2.11. The van der Waals surface area contributed by atoms with Gasteiger partial charge in [-0.15, -0.1) is 0 Å². The van der Waals surface area contributed by atoms with Gasteiger partial charge in [0.25, 0.3) is 0 Å². The first-order valence-electron chi connectivity index (χ1n) is 6.58. The van der Waals surface area contributed by atoms with Gasteiger partial charge in [0.05, 0.1) is 4.90 Å². The normalized spacial score (nSPS) is 12.9. The summed E-state index contributed by atoms with van der Waals surface area (Å²) in [4.78, 5) is 0.246. The lowest BCUT2D eigenvalue weighted by atomic mass is 10.1. The van der Waals surface area contributed by atoms with Crippen LogP contribution in [0.25, 0.3) is 0 Å². The molecule has 112 valence electrons. The maximum Gasteiger partial charge on any atom is 0.240 e. The monoisotopic (exact) mass is 305 g/mol. The Morgan fingerprint density at radius 3 is 2.10 bits per heavy atom. The van der Waals surface area contributed by atoms with Gasteiger partial charge in [-0.3, -0.25) is 0 Å². The van der Waals surface area contributed by atoms with E-state index >= 15 is 0 Å². The molecule has 0 aromatic heterocycles. The Hall–Kier alpha value is -2.05. The molecular weight excluding hydrogens is 286 g/mol. The molecule has 2 rings (SSSR count). The van der Waals surface area contributed by atoms with E-state index in [2.05, 4.69) is 10.0 Å². The molecule has 1 atom stereocenters. The van der Waals surface area contributed by atoms with E-state index in [1.807, 2.05) is 31.2 Å². The molecule has 0 spiro atoms. The average Bonchev–Trinajstić information content (AvgIpc) is 2.48. The second-order valence-electron chi connectivity index (χ2n) is 4.76. The minimum absolute atomic E-state index is 0.0948. The molecule has 21 heavy (non-hydrogen) atoms. The minimum atomic E-state index is -3.39. The number of nitrogens with two attached hydrogens (primary N) is 1. The highest BCUT2D eigenvalue weighted by Crippen LogP contribution is 2.21. The Morgan fingerprint density at radius 2 is 1.57 bits per heavy atom.